The number of carbonyl (C=O) groups is 1. The van der Waals surface area contributed by atoms with Gasteiger partial charge in [0.15, 0.2) is 5.82 Å². The second kappa shape index (κ2) is 6.04. The highest BCUT2D eigenvalue weighted by molar-refractivity contribution is 6.31. The fourth-order valence-electron chi connectivity index (χ4n) is 2.00. The highest BCUT2D eigenvalue weighted by Crippen LogP contribution is 2.27. The Morgan fingerprint density at radius 1 is 1.55 bits per heavy atom. The topological polar surface area (TPSA) is 94.0 Å². The third-order valence-electron chi connectivity index (χ3n) is 2.89. The molecule has 0 aromatic carbocycles. The lowest BCUT2D eigenvalue weighted by Crippen LogP contribution is -2.23. The standard InChI is InChI=1S/C12H15ClN4O3/c1-7(2)5-8(12(18)19)6-17-11(14-15-16-17)9-3-4-20-10(9)13/h3-4,7-8H,5-6H2,1-2H3,(H,18,19). The van der Waals surface area contributed by atoms with Crippen LogP contribution in [0.25, 0.3) is 11.4 Å². The SMILES string of the molecule is CC(C)CC(Cn1nnnc1-c1ccoc1Cl)C(=O)O. The van der Waals surface area contributed by atoms with Gasteiger partial charge in [0.1, 0.15) is 0 Å². The van der Waals surface area contributed by atoms with E-state index in [1.807, 2.05) is 13.8 Å². The first-order valence-electron chi connectivity index (χ1n) is 6.21. The molecular formula is C12H15ClN4O3. The van der Waals surface area contributed by atoms with Gasteiger partial charge in [0.25, 0.3) is 0 Å². The van der Waals surface area contributed by atoms with Crippen molar-refractivity contribution in [1.82, 2.24) is 20.2 Å². The van der Waals surface area contributed by atoms with E-state index in [4.69, 9.17) is 16.0 Å². The number of hydrogen-bond donors (Lipinski definition) is 1. The van der Waals surface area contributed by atoms with Crippen LogP contribution in [-0.4, -0.2) is 31.3 Å². The van der Waals surface area contributed by atoms with Crippen molar-refractivity contribution in [2.24, 2.45) is 11.8 Å². The fourth-order valence-corrected chi connectivity index (χ4v) is 2.20. The van der Waals surface area contributed by atoms with E-state index in [9.17, 15) is 9.90 Å². The summed E-state index contributed by atoms with van der Waals surface area (Å²) in [4.78, 5) is 11.3. The van der Waals surface area contributed by atoms with E-state index in [2.05, 4.69) is 15.5 Å². The number of carboxylic acid groups (broad SMARTS) is 1. The molecule has 7 nitrogen and oxygen atoms in total. The number of aromatic nitrogens is 4. The van der Waals surface area contributed by atoms with Crippen LogP contribution in [0.2, 0.25) is 5.22 Å². The summed E-state index contributed by atoms with van der Waals surface area (Å²) in [6.45, 7) is 4.14. The minimum Gasteiger partial charge on any atom is -0.481 e. The van der Waals surface area contributed by atoms with Crippen LogP contribution >= 0.6 is 11.6 Å². The number of nitrogens with zero attached hydrogens (tertiary/aromatic N) is 4. The third-order valence-corrected chi connectivity index (χ3v) is 3.18. The minimum atomic E-state index is -0.863. The van der Waals surface area contributed by atoms with Crippen LogP contribution in [0.1, 0.15) is 20.3 Å². The Morgan fingerprint density at radius 2 is 2.30 bits per heavy atom. The average Bonchev–Trinajstić information content (AvgIpc) is 2.96. The highest BCUT2D eigenvalue weighted by atomic mass is 35.5. The van der Waals surface area contributed by atoms with Gasteiger partial charge in [-0.05, 0) is 40.4 Å². The summed E-state index contributed by atoms with van der Waals surface area (Å²) in [6.07, 6.45) is 1.98. The number of hydrogen-bond acceptors (Lipinski definition) is 5. The lowest BCUT2D eigenvalue weighted by molar-refractivity contribution is -0.142. The van der Waals surface area contributed by atoms with Crippen molar-refractivity contribution < 1.29 is 14.3 Å². The maximum atomic E-state index is 11.3. The van der Waals surface area contributed by atoms with Gasteiger partial charge >= 0.3 is 5.97 Å². The third kappa shape index (κ3) is 3.16. The second-order valence-electron chi connectivity index (χ2n) is 4.96. The molecule has 0 saturated heterocycles. The molecule has 0 radical (unpaired) electrons. The Labute approximate surface area is 120 Å². The first-order valence-corrected chi connectivity index (χ1v) is 6.59. The van der Waals surface area contributed by atoms with Crippen molar-refractivity contribution in [2.75, 3.05) is 0 Å². The van der Waals surface area contributed by atoms with Crippen molar-refractivity contribution in [3.05, 3.63) is 17.5 Å². The Hall–Kier alpha value is -1.89. The fraction of sp³-hybridized carbons (Fsp3) is 0.500. The van der Waals surface area contributed by atoms with Gasteiger partial charge in [0.2, 0.25) is 5.22 Å². The zero-order valence-electron chi connectivity index (χ0n) is 11.2. The van der Waals surface area contributed by atoms with Crippen LogP contribution in [0.5, 0.6) is 0 Å². The molecule has 108 valence electrons. The van der Waals surface area contributed by atoms with Gasteiger partial charge in [0, 0.05) is 0 Å². The summed E-state index contributed by atoms with van der Waals surface area (Å²) in [5.41, 5.74) is 0.547. The van der Waals surface area contributed by atoms with Gasteiger partial charge in [-0.25, -0.2) is 4.68 Å². The molecule has 0 aliphatic carbocycles. The van der Waals surface area contributed by atoms with Crippen LogP contribution in [0.15, 0.2) is 16.7 Å². The molecule has 1 N–H and O–H groups in total. The summed E-state index contributed by atoms with van der Waals surface area (Å²) in [7, 11) is 0. The van der Waals surface area contributed by atoms with Crippen LogP contribution in [-0.2, 0) is 11.3 Å². The monoisotopic (exact) mass is 298 g/mol. The lowest BCUT2D eigenvalue weighted by atomic mass is 9.97. The first-order chi connectivity index (χ1) is 9.49. The number of halogens is 1. The molecule has 2 rings (SSSR count). The molecule has 2 heterocycles. The van der Waals surface area contributed by atoms with E-state index in [0.29, 0.717) is 17.8 Å². The van der Waals surface area contributed by atoms with Crippen LogP contribution < -0.4 is 0 Å². The van der Waals surface area contributed by atoms with Crippen molar-refractivity contribution in [1.29, 1.82) is 0 Å². The number of furan rings is 1. The quantitative estimate of drug-likeness (QED) is 0.879. The molecule has 1 atom stereocenters. The molecule has 2 aromatic heterocycles. The summed E-state index contributed by atoms with van der Waals surface area (Å²) in [5, 5.41) is 20.7. The van der Waals surface area contributed by atoms with E-state index in [0.717, 1.165) is 0 Å². The predicted molar refractivity (Wildman–Crippen MR) is 71.1 cm³/mol. The van der Waals surface area contributed by atoms with E-state index >= 15 is 0 Å². The number of rotatable bonds is 6. The first kappa shape index (κ1) is 14.5. The Bertz CT molecular complexity index is 593. The molecule has 0 amide bonds. The summed E-state index contributed by atoms with van der Waals surface area (Å²) < 4.78 is 6.44. The Morgan fingerprint density at radius 3 is 2.85 bits per heavy atom. The molecule has 2 aromatic rings. The Balaban J connectivity index is 2.24. The maximum absolute atomic E-state index is 11.3. The smallest absolute Gasteiger partial charge is 0.308 e. The van der Waals surface area contributed by atoms with E-state index in [1.165, 1.54) is 10.9 Å². The predicted octanol–water partition coefficient (Wildman–Crippen LogP) is 2.33. The van der Waals surface area contributed by atoms with Gasteiger partial charge in [-0.1, -0.05) is 13.8 Å². The number of aliphatic carboxylic acids is 1. The highest BCUT2D eigenvalue weighted by Gasteiger charge is 2.23. The number of carboxylic acids is 1. The van der Waals surface area contributed by atoms with Gasteiger partial charge in [-0.15, -0.1) is 5.10 Å². The van der Waals surface area contributed by atoms with E-state index in [-0.39, 0.29) is 17.7 Å². The second-order valence-corrected chi connectivity index (χ2v) is 5.30. The zero-order valence-corrected chi connectivity index (χ0v) is 11.9. The van der Waals surface area contributed by atoms with Gasteiger partial charge < -0.3 is 9.52 Å². The van der Waals surface area contributed by atoms with Crippen molar-refractivity contribution in [2.45, 2.75) is 26.8 Å². The molecule has 8 heteroatoms. The average molecular weight is 299 g/mol. The van der Waals surface area contributed by atoms with Crippen molar-refractivity contribution >= 4 is 17.6 Å². The lowest BCUT2D eigenvalue weighted by Gasteiger charge is -2.14. The molecule has 1 unspecified atom stereocenters. The molecule has 0 spiro atoms. The molecule has 0 bridgehead atoms. The number of tetrazole rings is 1. The van der Waals surface area contributed by atoms with Gasteiger partial charge in [-0.2, -0.15) is 0 Å². The van der Waals surface area contributed by atoms with Crippen molar-refractivity contribution in [3.8, 4) is 11.4 Å². The van der Waals surface area contributed by atoms with Crippen LogP contribution in [0.3, 0.4) is 0 Å². The van der Waals surface area contributed by atoms with Gasteiger partial charge in [-0.3, -0.25) is 4.79 Å². The molecule has 20 heavy (non-hydrogen) atoms. The zero-order chi connectivity index (χ0) is 14.7. The Kier molecular flexibility index (Phi) is 4.39. The molecule has 0 aliphatic rings. The normalized spacial score (nSPS) is 12.8. The summed E-state index contributed by atoms with van der Waals surface area (Å²) >= 11 is 5.89. The largest absolute Gasteiger partial charge is 0.481 e. The summed E-state index contributed by atoms with van der Waals surface area (Å²) in [5.74, 6) is -0.742. The molecule has 0 saturated carbocycles. The molecule has 0 aliphatic heterocycles. The minimum absolute atomic E-state index is 0.178. The molecular weight excluding hydrogens is 284 g/mol. The molecule has 0 fully saturated rings. The van der Waals surface area contributed by atoms with Crippen molar-refractivity contribution in [3.63, 3.8) is 0 Å². The van der Waals surface area contributed by atoms with Gasteiger partial charge in [0.05, 0.1) is 24.3 Å². The van der Waals surface area contributed by atoms with E-state index < -0.39 is 11.9 Å². The summed E-state index contributed by atoms with van der Waals surface area (Å²) in [6, 6.07) is 1.64. The van der Waals surface area contributed by atoms with Crippen LogP contribution in [0.4, 0.5) is 0 Å². The maximum Gasteiger partial charge on any atom is 0.308 e. The van der Waals surface area contributed by atoms with E-state index in [1.54, 1.807) is 6.07 Å². The van der Waals surface area contributed by atoms with Crippen LogP contribution in [0, 0.1) is 11.8 Å².